The van der Waals surface area contributed by atoms with E-state index in [4.69, 9.17) is 5.73 Å². The van der Waals surface area contributed by atoms with Gasteiger partial charge in [-0.15, -0.1) is 11.8 Å². The molecule has 0 amide bonds. The Hall–Kier alpha value is -1.16. The molecule has 0 fully saturated rings. The number of benzene rings is 1. The second-order valence-corrected chi connectivity index (χ2v) is 3.87. The van der Waals surface area contributed by atoms with Gasteiger partial charge >= 0.3 is 5.97 Å². The van der Waals surface area contributed by atoms with Crippen LogP contribution in [0.2, 0.25) is 0 Å². The number of para-hydroxylation sites is 1. The number of nitrogen functional groups attached to an aromatic ring is 1. The Balaban J connectivity index is 2.68. The molecule has 0 saturated carbocycles. The molecule has 0 unspecified atom stereocenters. The third-order valence-electron chi connectivity index (χ3n) is 1.86. The summed E-state index contributed by atoms with van der Waals surface area (Å²) >= 11 is 1.39. The Morgan fingerprint density at radius 1 is 1.57 bits per heavy atom. The average Bonchev–Trinajstić information content (AvgIpc) is 2.20. The number of carbonyl (C=O) groups is 1. The van der Waals surface area contributed by atoms with Gasteiger partial charge in [0, 0.05) is 10.6 Å². The van der Waals surface area contributed by atoms with Crippen molar-refractivity contribution in [1.29, 1.82) is 0 Å². The monoisotopic (exact) mass is 211 g/mol. The number of carbonyl (C=O) groups excluding carboxylic acids is 1. The number of thioether (sulfide) groups is 1. The third kappa shape index (κ3) is 2.67. The summed E-state index contributed by atoms with van der Waals surface area (Å²) in [4.78, 5) is 11.8. The van der Waals surface area contributed by atoms with Crippen LogP contribution in [-0.2, 0) is 9.53 Å². The maximum absolute atomic E-state index is 10.9. The van der Waals surface area contributed by atoms with Crippen LogP contribution in [0.25, 0.3) is 0 Å². The summed E-state index contributed by atoms with van der Waals surface area (Å²) < 4.78 is 4.54. The minimum atomic E-state index is -0.240. The molecule has 0 radical (unpaired) electrons. The van der Waals surface area contributed by atoms with E-state index in [1.165, 1.54) is 18.9 Å². The van der Waals surface area contributed by atoms with E-state index in [9.17, 15) is 4.79 Å². The van der Waals surface area contributed by atoms with Crippen molar-refractivity contribution in [2.75, 3.05) is 18.6 Å². The van der Waals surface area contributed by atoms with Gasteiger partial charge in [0.15, 0.2) is 0 Å². The SMILES string of the molecule is COC(=O)CSc1cccc(C)c1N. The van der Waals surface area contributed by atoms with Crippen molar-refractivity contribution in [1.82, 2.24) is 0 Å². The molecule has 1 aromatic rings. The summed E-state index contributed by atoms with van der Waals surface area (Å²) in [6.07, 6.45) is 0. The van der Waals surface area contributed by atoms with Gasteiger partial charge < -0.3 is 10.5 Å². The molecule has 0 bridgehead atoms. The van der Waals surface area contributed by atoms with Crippen molar-refractivity contribution in [3.8, 4) is 0 Å². The van der Waals surface area contributed by atoms with Crippen LogP contribution >= 0.6 is 11.8 Å². The van der Waals surface area contributed by atoms with E-state index in [2.05, 4.69) is 4.74 Å². The second-order valence-electron chi connectivity index (χ2n) is 2.85. The maximum atomic E-state index is 10.9. The summed E-state index contributed by atoms with van der Waals surface area (Å²) in [5, 5.41) is 0. The molecule has 0 saturated heterocycles. The van der Waals surface area contributed by atoms with Gasteiger partial charge in [0.2, 0.25) is 0 Å². The molecule has 0 aromatic heterocycles. The Morgan fingerprint density at radius 2 is 2.29 bits per heavy atom. The summed E-state index contributed by atoms with van der Waals surface area (Å²) in [6.45, 7) is 1.94. The first kappa shape index (κ1) is 10.9. The number of hydrogen-bond donors (Lipinski definition) is 1. The van der Waals surface area contributed by atoms with Crippen LogP contribution in [0.3, 0.4) is 0 Å². The molecule has 0 aliphatic heterocycles. The lowest BCUT2D eigenvalue weighted by atomic mass is 10.2. The smallest absolute Gasteiger partial charge is 0.315 e. The largest absolute Gasteiger partial charge is 0.468 e. The fourth-order valence-corrected chi connectivity index (χ4v) is 1.86. The number of methoxy groups -OCH3 is 1. The molecule has 1 rings (SSSR count). The lowest BCUT2D eigenvalue weighted by molar-refractivity contribution is -0.137. The van der Waals surface area contributed by atoms with Gasteiger partial charge in [-0.3, -0.25) is 4.79 Å². The Morgan fingerprint density at radius 3 is 2.93 bits per heavy atom. The van der Waals surface area contributed by atoms with Gasteiger partial charge in [-0.2, -0.15) is 0 Å². The van der Waals surface area contributed by atoms with Crippen LogP contribution in [0.4, 0.5) is 5.69 Å². The average molecular weight is 211 g/mol. The normalized spacial score (nSPS) is 9.86. The van der Waals surface area contributed by atoms with E-state index >= 15 is 0 Å². The Labute approximate surface area is 87.6 Å². The van der Waals surface area contributed by atoms with Gasteiger partial charge in [0.1, 0.15) is 0 Å². The summed E-state index contributed by atoms with van der Waals surface area (Å²) in [5.41, 5.74) is 7.60. The zero-order valence-corrected chi connectivity index (χ0v) is 9.06. The topological polar surface area (TPSA) is 52.3 Å². The van der Waals surface area contributed by atoms with Crippen molar-refractivity contribution in [2.45, 2.75) is 11.8 Å². The molecule has 0 aliphatic rings. The fourth-order valence-electron chi connectivity index (χ4n) is 0.975. The number of rotatable bonds is 3. The van der Waals surface area contributed by atoms with Crippen LogP contribution in [0.15, 0.2) is 23.1 Å². The molecule has 76 valence electrons. The molecule has 1 aromatic carbocycles. The zero-order chi connectivity index (χ0) is 10.6. The highest BCUT2D eigenvalue weighted by molar-refractivity contribution is 8.00. The van der Waals surface area contributed by atoms with Gasteiger partial charge in [0.25, 0.3) is 0 Å². The first-order valence-corrected chi connectivity index (χ1v) is 5.18. The van der Waals surface area contributed by atoms with E-state index in [0.717, 1.165) is 16.1 Å². The molecule has 3 nitrogen and oxygen atoms in total. The van der Waals surface area contributed by atoms with Gasteiger partial charge in [0.05, 0.1) is 12.9 Å². The van der Waals surface area contributed by atoms with Crippen LogP contribution in [0.5, 0.6) is 0 Å². The van der Waals surface area contributed by atoms with E-state index in [0.29, 0.717) is 5.75 Å². The summed E-state index contributed by atoms with van der Waals surface area (Å²) in [6, 6.07) is 5.76. The first-order chi connectivity index (χ1) is 6.65. The van der Waals surface area contributed by atoms with Crippen molar-refractivity contribution >= 4 is 23.4 Å². The highest BCUT2D eigenvalue weighted by Gasteiger charge is 2.05. The molecule has 4 heteroatoms. The highest BCUT2D eigenvalue weighted by atomic mass is 32.2. The van der Waals surface area contributed by atoms with Crippen LogP contribution in [0, 0.1) is 6.92 Å². The van der Waals surface area contributed by atoms with Crippen LogP contribution < -0.4 is 5.73 Å². The molecule has 0 atom stereocenters. The van der Waals surface area contributed by atoms with Crippen molar-refractivity contribution < 1.29 is 9.53 Å². The third-order valence-corrected chi connectivity index (χ3v) is 2.90. The van der Waals surface area contributed by atoms with Crippen molar-refractivity contribution in [3.05, 3.63) is 23.8 Å². The predicted octanol–water partition coefficient (Wildman–Crippen LogP) is 1.84. The fraction of sp³-hybridized carbons (Fsp3) is 0.300. The summed E-state index contributed by atoms with van der Waals surface area (Å²) in [7, 11) is 1.38. The number of ether oxygens (including phenoxy) is 1. The number of anilines is 1. The van der Waals surface area contributed by atoms with Gasteiger partial charge in [-0.1, -0.05) is 12.1 Å². The number of nitrogens with two attached hydrogens (primary N) is 1. The van der Waals surface area contributed by atoms with E-state index in [-0.39, 0.29) is 5.97 Å². The molecular formula is C10H13NO2S. The summed E-state index contributed by atoms with van der Waals surface area (Å²) in [5.74, 6) is 0.0559. The van der Waals surface area contributed by atoms with Gasteiger partial charge in [-0.05, 0) is 18.6 Å². The molecule has 0 heterocycles. The second kappa shape index (κ2) is 4.91. The molecule has 2 N–H and O–H groups in total. The van der Waals surface area contributed by atoms with Gasteiger partial charge in [-0.25, -0.2) is 0 Å². The number of aryl methyl sites for hydroxylation is 1. The number of hydrogen-bond acceptors (Lipinski definition) is 4. The highest BCUT2D eigenvalue weighted by Crippen LogP contribution is 2.27. The quantitative estimate of drug-likeness (QED) is 0.471. The van der Waals surface area contributed by atoms with Crippen molar-refractivity contribution in [2.24, 2.45) is 0 Å². The maximum Gasteiger partial charge on any atom is 0.315 e. The minimum absolute atomic E-state index is 0.240. The van der Waals surface area contributed by atoms with E-state index in [1.54, 1.807) is 0 Å². The van der Waals surface area contributed by atoms with E-state index < -0.39 is 0 Å². The first-order valence-electron chi connectivity index (χ1n) is 4.20. The van der Waals surface area contributed by atoms with E-state index in [1.807, 2.05) is 25.1 Å². The molecular weight excluding hydrogens is 198 g/mol. The standard InChI is InChI=1S/C10H13NO2S/c1-7-4-3-5-8(10(7)11)14-6-9(12)13-2/h3-5H,6,11H2,1-2H3. The Bertz CT molecular complexity index is 339. The number of esters is 1. The van der Waals surface area contributed by atoms with Crippen LogP contribution in [-0.4, -0.2) is 18.8 Å². The molecule has 0 spiro atoms. The minimum Gasteiger partial charge on any atom is -0.468 e. The van der Waals surface area contributed by atoms with Crippen LogP contribution in [0.1, 0.15) is 5.56 Å². The van der Waals surface area contributed by atoms with Crippen molar-refractivity contribution in [3.63, 3.8) is 0 Å². The lowest BCUT2D eigenvalue weighted by Crippen LogP contribution is -2.03. The molecule has 0 aliphatic carbocycles. The zero-order valence-electron chi connectivity index (χ0n) is 8.24. The Kier molecular flexibility index (Phi) is 3.83. The lowest BCUT2D eigenvalue weighted by Gasteiger charge is -2.06. The predicted molar refractivity (Wildman–Crippen MR) is 58.3 cm³/mol. The molecule has 14 heavy (non-hydrogen) atoms.